The molecule has 0 spiro atoms. The van der Waals surface area contributed by atoms with E-state index in [1.54, 1.807) is 12.1 Å². The molecule has 1 aliphatic rings. The predicted octanol–water partition coefficient (Wildman–Crippen LogP) is 3.25. The first kappa shape index (κ1) is 12.2. The number of carboxylic acids is 1. The molecule has 1 fully saturated rings. The molecule has 92 valence electrons. The van der Waals surface area contributed by atoms with Crippen LogP contribution >= 0.6 is 11.6 Å². The van der Waals surface area contributed by atoms with E-state index >= 15 is 0 Å². The van der Waals surface area contributed by atoms with Gasteiger partial charge in [-0.3, -0.25) is 4.79 Å². The lowest BCUT2D eigenvalue weighted by Gasteiger charge is -2.26. The molecular weight excluding hydrogens is 240 g/mol. The maximum atomic E-state index is 11.6. The highest BCUT2D eigenvalue weighted by molar-refractivity contribution is 6.32. The van der Waals surface area contributed by atoms with Crippen LogP contribution in [-0.4, -0.2) is 18.2 Å². The van der Waals surface area contributed by atoms with Gasteiger partial charge in [0.1, 0.15) is 5.75 Å². The van der Waals surface area contributed by atoms with Gasteiger partial charge in [-0.25, -0.2) is 0 Å². The molecule has 1 aliphatic carbocycles. The quantitative estimate of drug-likeness (QED) is 0.901. The first-order valence-electron chi connectivity index (χ1n) is 5.68. The van der Waals surface area contributed by atoms with Crippen LogP contribution in [-0.2, 0) is 10.2 Å². The highest BCUT2D eigenvalue weighted by Crippen LogP contribution is 2.46. The van der Waals surface area contributed by atoms with E-state index in [1.165, 1.54) is 7.11 Å². The van der Waals surface area contributed by atoms with E-state index < -0.39 is 11.4 Å². The van der Waals surface area contributed by atoms with Gasteiger partial charge in [-0.2, -0.15) is 0 Å². The summed E-state index contributed by atoms with van der Waals surface area (Å²) in [5.41, 5.74) is -0.117. The molecule has 0 aromatic heterocycles. The first-order valence-corrected chi connectivity index (χ1v) is 6.06. The number of halogens is 1. The average molecular weight is 255 g/mol. The van der Waals surface area contributed by atoms with Crippen LogP contribution in [0.15, 0.2) is 18.2 Å². The van der Waals surface area contributed by atoms with E-state index in [4.69, 9.17) is 16.3 Å². The molecule has 0 bridgehead atoms. The highest BCUT2D eigenvalue weighted by Gasteiger charge is 2.45. The maximum absolute atomic E-state index is 11.6. The van der Waals surface area contributed by atoms with E-state index in [1.807, 2.05) is 6.07 Å². The number of rotatable bonds is 3. The summed E-state index contributed by atoms with van der Waals surface area (Å²) in [5, 5.41) is 10.00. The maximum Gasteiger partial charge on any atom is 0.314 e. The Kier molecular flexibility index (Phi) is 3.29. The normalized spacial score (nSPS) is 18.0. The number of para-hydroxylation sites is 1. The summed E-state index contributed by atoms with van der Waals surface area (Å²) in [4.78, 5) is 11.6. The predicted molar refractivity (Wildman–Crippen MR) is 65.8 cm³/mol. The van der Waals surface area contributed by atoms with Crippen LogP contribution in [0.3, 0.4) is 0 Å². The van der Waals surface area contributed by atoms with Crippen LogP contribution in [0.2, 0.25) is 5.02 Å². The molecule has 0 saturated heterocycles. The molecule has 0 atom stereocenters. The fourth-order valence-electron chi connectivity index (χ4n) is 2.67. The van der Waals surface area contributed by atoms with Crippen molar-refractivity contribution in [3.63, 3.8) is 0 Å². The Morgan fingerprint density at radius 3 is 2.59 bits per heavy atom. The van der Waals surface area contributed by atoms with Crippen molar-refractivity contribution < 1.29 is 14.6 Å². The van der Waals surface area contributed by atoms with Gasteiger partial charge in [0, 0.05) is 5.56 Å². The summed E-state index contributed by atoms with van der Waals surface area (Å²) in [5.74, 6) is -0.283. The number of ether oxygens (including phenoxy) is 1. The summed E-state index contributed by atoms with van der Waals surface area (Å²) >= 11 is 6.06. The number of carboxylic acid groups (broad SMARTS) is 1. The Morgan fingerprint density at radius 2 is 2.06 bits per heavy atom. The molecular formula is C13H15ClO3. The minimum atomic E-state index is -0.823. The van der Waals surface area contributed by atoms with Crippen molar-refractivity contribution >= 4 is 17.6 Å². The van der Waals surface area contributed by atoms with Gasteiger partial charge in [0.25, 0.3) is 0 Å². The van der Waals surface area contributed by atoms with Crippen molar-refractivity contribution in [2.24, 2.45) is 0 Å². The molecule has 4 heteroatoms. The van der Waals surface area contributed by atoms with Crippen molar-refractivity contribution in [3.8, 4) is 5.75 Å². The topological polar surface area (TPSA) is 46.5 Å². The molecule has 1 aromatic rings. The number of hydrogen-bond acceptors (Lipinski definition) is 2. The number of hydrogen-bond donors (Lipinski definition) is 1. The summed E-state index contributed by atoms with van der Waals surface area (Å²) in [6.07, 6.45) is 3.17. The standard InChI is InChI=1S/C13H15ClO3/c1-17-11-9(5-4-6-10(11)14)13(12(15)16)7-2-3-8-13/h4-6H,2-3,7-8H2,1H3,(H,15,16). The van der Waals surface area contributed by atoms with E-state index in [9.17, 15) is 9.90 Å². The lowest BCUT2D eigenvalue weighted by atomic mass is 9.78. The highest BCUT2D eigenvalue weighted by atomic mass is 35.5. The Bertz CT molecular complexity index is 436. The summed E-state index contributed by atoms with van der Waals surface area (Å²) < 4.78 is 5.27. The molecule has 0 unspecified atom stereocenters. The summed E-state index contributed by atoms with van der Waals surface area (Å²) in [6, 6.07) is 5.31. The summed E-state index contributed by atoms with van der Waals surface area (Å²) in [7, 11) is 1.52. The average Bonchev–Trinajstić information content (AvgIpc) is 2.78. The fraction of sp³-hybridized carbons (Fsp3) is 0.462. The van der Waals surface area contributed by atoms with Gasteiger partial charge < -0.3 is 9.84 Å². The number of methoxy groups -OCH3 is 1. The van der Waals surface area contributed by atoms with Crippen LogP contribution in [0, 0.1) is 0 Å². The van der Waals surface area contributed by atoms with E-state index in [0.29, 0.717) is 29.2 Å². The minimum Gasteiger partial charge on any atom is -0.495 e. The second-order valence-electron chi connectivity index (χ2n) is 4.42. The van der Waals surface area contributed by atoms with Crippen LogP contribution in [0.5, 0.6) is 5.75 Å². The first-order chi connectivity index (χ1) is 8.12. The molecule has 1 saturated carbocycles. The van der Waals surface area contributed by atoms with Crippen LogP contribution in [0.1, 0.15) is 31.2 Å². The Morgan fingerprint density at radius 1 is 1.41 bits per heavy atom. The molecule has 3 nitrogen and oxygen atoms in total. The van der Waals surface area contributed by atoms with Crippen molar-refractivity contribution in [2.45, 2.75) is 31.1 Å². The van der Waals surface area contributed by atoms with Crippen LogP contribution in [0.4, 0.5) is 0 Å². The molecule has 1 N–H and O–H groups in total. The molecule has 0 radical (unpaired) electrons. The number of aliphatic carboxylic acids is 1. The second kappa shape index (κ2) is 4.57. The van der Waals surface area contributed by atoms with Crippen molar-refractivity contribution in [3.05, 3.63) is 28.8 Å². The fourth-order valence-corrected chi connectivity index (χ4v) is 2.92. The van der Waals surface area contributed by atoms with Crippen LogP contribution < -0.4 is 4.74 Å². The Labute approximate surface area is 105 Å². The molecule has 0 aliphatic heterocycles. The van der Waals surface area contributed by atoms with E-state index in [-0.39, 0.29) is 0 Å². The zero-order valence-corrected chi connectivity index (χ0v) is 10.5. The van der Waals surface area contributed by atoms with Crippen molar-refractivity contribution in [1.29, 1.82) is 0 Å². The third kappa shape index (κ3) is 1.89. The van der Waals surface area contributed by atoms with Crippen molar-refractivity contribution in [1.82, 2.24) is 0 Å². The second-order valence-corrected chi connectivity index (χ2v) is 4.82. The number of benzene rings is 1. The lowest BCUT2D eigenvalue weighted by molar-refractivity contribution is -0.143. The van der Waals surface area contributed by atoms with Crippen LogP contribution in [0.25, 0.3) is 0 Å². The lowest BCUT2D eigenvalue weighted by Crippen LogP contribution is -2.33. The molecule has 2 rings (SSSR count). The molecule has 1 aromatic carbocycles. The molecule has 17 heavy (non-hydrogen) atoms. The Hall–Kier alpha value is -1.22. The van der Waals surface area contributed by atoms with Gasteiger partial charge in [-0.15, -0.1) is 0 Å². The minimum absolute atomic E-state index is 0.470. The zero-order chi connectivity index (χ0) is 12.5. The van der Waals surface area contributed by atoms with Gasteiger partial charge >= 0.3 is 5.97 Å². The van der Waals surface area contributed by atoms with Gasteiger partial charge in [0.2, 0.25) is 0 Å². The SMILES string of the molecule is COc1c(Cl)cccc1C1(C(=O)O)CCCC1. The third-order valence-corrected chi connectivity index (χ3v) is 3.85. The van der Waals surface area contributed by atoms with Gasteiger partial charge in [0.15, 0.2) is 0 Å². The third-order valence-electron chi connectivity index (χ3n) is 3.55. The summed E-state index contributed by atoms with van der Waals surface area (Å²) in [6.45, 7) is 0. The zero-order valence-electron chi connectivity index (χ0n) is 9.70. The largest absolute Gasteiger partial charge is 0.495 e. The smallest absolute Gasteiger partial charge is 0.314 e. The van der Waals surface area contributed by atoms with Crippen molar-refractivity contribution in [2.75, 3.05) is 7.11 Å². The monoisotopic (exact) mass is 254 g/mol. The van der Waals surface area contributed by atoms with E-state index in [0.717, 1.165) is 12.8 Å². The van der Waals surface area contributed by atoms with E-state index in [2.05, 4.69) is 0 Å². The number of carbonyl (C=O) groups is 1. The Balaban J connectivity index is 2.58. The van der Waals surface area contributed by atoms with Gasteiger partial charge in [-0.05, 0) is 18.9 Å². The molecule has 0 amide bonds. The van der Waals surface area contributed by atoms with Gasteiger partial charge in [0.05, 0.1) is 17.5 Å². The molecule has 0 heterocycles. The van der Waals surface area contributed by atoms with Gasteiger partial charge in [-0.1, -0.05) is 36.6 Å².